The van der Waals surface area contributed by atoms with Gasteiger partial charge in [0.05, 0.1) is 11.5 Å². The van der Waals surface area contributed by atoms with Gasteiger partial charge in [-0.2, -0.15) is 0 Å². The predicted molar refractivity (Wildman–Crippen MR) is 55.1 cm³/mol. The monoisotopic (exact) mass is 225 g/mol. The second-order valence-corrected chi connectivity index (χ2v) is 2.99. The first-order valence-electron chi connectivity index (χ1n) is 4.68. The molecule has 1 rings (SSSR count). The second kappa shape index (κ2) is 5.82. The van der Waals surface area contributed by atoms with E-state index in [1.165, 1.54) is 24.3 Å². The van der Waals surface area contributed by atoms with E-state index < -0.39 is 10.9 Å². The molecule has 0 saturated heterocycles. The first kappa shape index (κ1) is 12.1. The van der Waals surface area contributed by atoms with Crippen molar-refractivity contribution in [2.45, 2.75) is 6.42 Å². The van der Waals surface area contributed by atoms with Crippen molar-refractivity contribution in [1.82, 2.24) is 0 Å². The van der Waals surface area contributed by atoms with Gasteiger partial charge in [-0.1, -0.05) is 12.1 Å². The van der Waals surface area contributed by atoms with Gasteiger partial charge in [-0.15, -0.1) is 0 Å². The number of rotatable bonds is 5. The topological polar surface area (TPSA) is 89.7 Å². The highest BCUT2D eigenvalue weighted by atomic mass is 16.6. The molecule has 0 atom stereocenters. The average molecular weight is 225 g/mol. The van der Waals surface area contributed by atoms with Gasteiger partial charge < -0.3 is 9.84 Å². The number of nitro benzene ring substituents is 1. The number of nitro groups is 1. The van der Waals surface area contributed by atoms with Crippen molar-refractivity contribution < 1.29 is 19.6 Å². The fraction of sp³-hybridized carbons (Fsp3) is 0.300. The number of carbonyl (C=O) groups is 1. The molecule has 86 valence electrons. The van der Waals surface area contributed by atoms with Crippen molar-refractivity contribution in [3.63, 3.8) is 0 Å². The van der Waals surface area contributed by atoms with E-state index in [2.05, 4.69) is 0 Å². The lowest BCUT2D eigenvalue weighted by molar-refractivity contribution is -0.385. The van der Waals surface area contributed by atoms with Gasteiger partial charge in [-0.25, -0.2) is 4.79 Å². The van der Waals surface area contributed by atoms with Gasteiger partial charge in [0, 0.05) is 19.1 Å². The van der Waals surface area contributed by atoms with Gasteiger partial charge in [0.15, 0.2) is 0 Å². The van der Waals surface area contributed by atoms with Gasteiger partial charge in [-0.3, -0.25) is 10.1 Å². The van der Waals surface area contributed by atoms with Crippen molar-refractivity contribution >= 4 is 11.7 Å². The molecule has 6 nitrogen and oxygen atoms in total. The summed E-state index contributed by atoms with van der Waals surface area (Å²) in [6.07, 6.45) is 0.312. The molecule has 0 saturated carbocycles. The maximum Gasteiger partial charge on any atom is 0.345 e. The number of aliphatic hydroxyl groups excluding tert-OH is 1. The summed E-state index contributed by atoms with van der Waals surface area (Å²) in [5, 5.41) is 19.1. The number of esters is 1. The molecule has 6 heteroatoms. The van der Waals surface area contributed by atoms with E-state index in [1.807, 2.05) is 0 Å². The van der Waals surface area contributed by atoms with Crippen LogP contribution in [0.25, 0.3) is 0 Å². The van der Waals surface area contributed by atoms with Crippen LogP contribution in [-0.4, -0.2) is 29.2 Å². The molecule has 0 spiro atoms. The SMILES string of the molecule is O=C(OCCCO)c1ccccc1[N+](=O)[O-]. The molecule has 1 aromatic rings. The van der Waals surface area contributed by atoms with Crippen molar-refractivity contribution in [2.24, 2.45) is 0 Å². The Labute approximate surface area is 91.6 Å². The van der Waals surface area contributed by atoms with Gasteiger partial charge in [0.25, 0.3) is 5.69 Å². The van der Waals surface area contributed by atoms with Crippen LogP contribution in [-0.2, 0) is 4.74 Å². The average Bonchev–Trinajstić information content (AvgIpc) is 2.29. The Kier molecular flexibility index (Phi) is 4.41. The molecule has 1 N–H and O–H groups in total. The van der Waals surface area contributed by atoms with Crippen LogP contribution in [0.15, 0.2) is 24.3 Å². The molecule has 0 aliphatic heterocycles. The molecule has 0 radical (unpaired) electrons. The summed E-state index contributed by atoms with van der Waals surface area (Å²) in [4.78, 5) is 21.4. The molecule has 0 heterocycles. The van der Waals surface area contributed by atoms with Gasteiger partial charge in [0.2, 0.25) is 0 Å². The zero-order valence-electron chi connectivity index (χ0n) is 8.46. The molecular formula is C10H11NO5. The maximum atomic E-state index is 11.4. The minimum absolute atomic E-state index is 0.0430. The van der Waals surface area contributed by atoms with E-state index >= 15 is 0 Å². The highest BCUT2D eigenvalue weighted by Crippen LogP contribution is 2.18. The molecule has 1 aromatic carbocycles. The second-order valence-electron chi connectivity index (χ2n) is 2.99. The molecule has 16 heavy (non-hydrogen) atoms. The zero-order valence-corrected chi connectivity index (χ0v) is 8.46. The molecule has 0 bridgehead atoms. The number of aliphatic hydroxyl groups is 1. The maximum absolute atomic E-state index is 11.4. The van der Waals surface area contributed by atoms with Crippen LogP contribution in [0.1, 0.15) is 16.8 Å². The van der Waals surface area contributed by atoms with E-state index in [0.717, 1.165) is 0 Å². The number of ether oxygens (including phenoxy) is 1. The first-order valence-corrected chi connectivity index (χ1v) is 4.68. The third-order valence-corrected chi connectivity index (χ3v) is 1.86. The minimum Gasteiger partial charge on any atom is -0.462 e. The van der Waals surface area contributed by atoms with Gasteiger partial charge in [0.1, 0.15) is 5.56 Å². The van der Waals surface area contributed by atoms with Crippen molar-refractivity contribution in [3.8, 4) is 0 Å². The Bertz CT molecular complexity index is 391. The van der Waals surface area contributed by atoms with Gasteiger partial charge in [-0.05, 0) is 6.07 Å². The molecule has 0 aromatic heterocycles. The minimum atomic E-state index is -0.749. The Hall–Kier alpha value is -1.95. The highest BCUT2D eigenvalue weighted by Gasteiger charge is 2.19. The number of hydrogen-bond donors (Lipinski definition) is 1. The summed E-state index contributed by atoms with van der Waals surface area (Å²) in [7, 11) is 0. The third kappa shape index (κ3) is 3.03. The largest absolute Gasteiger partial charge is 0.462 e. The van der Waals surface area contributed by atoms with Crippen molar-refractivity contribution in [1.29, 1.82) is 0 Å². The molecule has 0 fully saturated rings. The molecule has 0 aliphatic rings. The Morgan fingerprint density at radius 2 is 2.12 bits per heavy atom. The summed E-state index contributed by atoms with van der Waals surface area (Å²) >= 11 is 0. The Balaban J connectivity index is 2.78. The summed E-state index contributed by atoms with van der Waals surface area (Å²) in [5.74, 6) is -0.749. The first-order chi connectivity index (χ1) is 7.66. The quantitative estimate of drug-likeness (QED) is 0.351. The molecule has 0 amide bonds. The smallest absolute Gasteiger partial charge is 0.345 e. The predicted octanol–water partition coefficient (Wildman–Crippen LogP) is 1.13. The number of benzene rings is 1. The van der Waals surface area contributed by atoms with Crippen LogP contribution in [0.2, 0.25) is 0 Å². The third-order valence-electron chi connectivity index (χ3n) is 1.86. The number of hydrogen-bond acceptors (Lipinski definition) is 5. The normalized spacial score (nSPS) is 9.81. The number of para-hydroxylation sites is 1. The molecular weight excluding hydrogens is 214 g/mol. The summed E-state index contributed by atoms with van der Waals surface area (Å²) in [6.45, 7) is -0.0501. The van der Waals surface area contributed by atoms with Crippen LogP contribution in [0.3, 0.4) is 0 Å². The summed E-state index contributed by atoms with van der Waals surface area (Å²) in [5.41, 5.74) is -0.359. The zero-order chi connectivity index (χ0) is 12.0. The fourth-order valence-corrected chi connectivity index (χ4v) is 1.11. The van der Waals surface area contributed by atoms with Crippen LogP contribution >= 0.6 is 0 Å². The van der Waals surface area contributed by atoms with Crippen LogP contribution < -0.4 is 0 Å². The van der Waals surface area contributed by atoms with Gasteiger partial charge >= 0.3 is 5.97 Å². The molecule has 0 unspecified atom stereocenters. The molecule has 0 aliphatic carbocycles. The summed E-state index contributed by atoms with van der Waals surface area (Å²) in [6, 6.07) is 5.57. The Morgan fingerprint density at radius 3 is 2.75 bits per heavy atom. The van der Waals surface area contributed by atoms with E-state index in [-0.39, 0.29) is 24.5 Å². The highest BCUT2D eigenvalue weighted by molar-refractivity contribution is 5.93. The van der Waals surface area contributed by atoms with E-state index in [1.54, 1.807) is 0 Å². The van der Waals surface area contributed by atoms with Crippen molar-refractivity contribution in [2.75, 3.05) is 13.2 Å². The number of nitrogens with zero attached hydrogens (tertiary/aromatic N) is 1. The Morgan fingerprint density at radius 1 is 1.44 bits per heavy atom. The van der Waals surface area contributed by atoms with Crippen LogP contribution in [0, 0.1) is 10.1 Å². The van der Waals surface area contributed by atoms with Crippen LogP contribution in [0.4, 0.5) is 5.69 Å². The van der Waals surface area contributed by atoms with E-state index in [0.29, 0.717) is 6.42 Å². The lowest BCUT2D eigenvalue weighted by Gasteiger charge is -2.03. The van der Waals surface area contributed by atoms with Crippen molar-refractivity contribution in [3.05, 3.63) is 39.9 Å². The van der Waals surface area contributed by atoms with Crippen LogP contribution in [0.5, 0.6) is 0 Å². The summed E-state index contributed by atoms with van der Waals surface area (Å²) < 4.78 is 4.76. The lowest BCUT2D eigenvalue weighted by atomic mass is 10.2. The fourth-order valence-electron chi connectivity index (χ4n) is 1.11. The lowest BCUT2D eigenvalue weighted by Crippen LogP contribution is -2.09. The number of carbonyl (C=O) groups excluding carboxylic acids is 1. The standard InChI is InChI=1S/C10H11NO5/c12-6-3-7-16-10(13)8-4-1-2-5-9(8)11(14)15/h1-2,4-5,12H,3,6-7H2. The van der Waals surface area contributed by atoms with E-state index in [4.69, 9.17) is 9.84 Å². The van der Waals surface area contributed by atoms with E-state index in [9.17, 15) is 14.9 Å².